The summed E-state index contributed by atoms with van der Waals surface area (Å²) in [6.45, 7) is 5.41. The summed E-state index contributed by atoms with van der Waals surface area (Å²) in [5.74, 6) is -0.0236. The van der Waals surface area contributed by atoms with E-state index in [2.05, 4.69) is 5.32 Å². The number of sulfonamides is 1. The average molecular weight is 391 g/mol. The molecule has 0 radical (unpaired) electrons. The molecular weight excluding hydrogens is 364 g/mol. The minimum absolute atomic E-state index is 0.339. The van der Waals surface area contributed by atoms with E-state index in [4.69, 9.17) is 4.74 Å². The third kappa shape index (κ3) is 4.80. The molecule has 0 fully saturated rings. The Morgan fingerprint density at radius 2 is 1.89 bits per heavy atom. The lowest BCUT2D eigenvalue weighted by Crippen LogP contribution is -2.45. The van der Waals surface area contributed by atoms with Crippen molar-refractivity contribution in [1.82, 2.24) is 0 Å². The van der Waals surface area contributed by atoms with Crippen LogP contribution in [0.4, 0.5) is 11.4 Å². The van der Waals surface area contributed by atoms with E-state index >= 15 is 0 Å². The van der Waals surface area contributed by atoms with Crippen LogP contribution in [0.5, 0.6) is 5.75 Å². The quantitative estimate of drug-likeness (QED) is 0.787. The number of hydrogen-bond acceptors (Lipinski definition) is 4. The van der Waals surface area contributed by atoms with Crippen molar-refractivity contribution in [2.45, 2.75) is 33.2 Å². The Kier molecular flexibility index (Phi) is 6.49. The van der Waals surface area contributed by atoms with E-state index in [1.165, 1.54) is 7.11 Å². The molecule has 0 aliphatic heterocycles. The molecule has 1 unspecified atom stereocenters. The van der Waals surface area contributed by atoms with E-state index in [0.29, 0.717) is 17.1 Å². The molecule has 6 nitrogen and oxygen atoms in total. The van der Waals surface area contributed by atoms with E-state index in [1.807, 2.05) is 44.2 Å². The first kappa shape index (κ1) is 20.8. The number of nitrogens with one attached hydrogen (secondary N) is 1. The van der Waals surface area contributed by atoms with Gasteiger partial charge in [0.15, 0.2) is 0 Å². The third-order valence-corrected chi connectivity index (χ3v) is 5.54. The predicted molar refractivity (Wildman–Crippen MR) is 109 cm³/mol. The van der Waals surface area contributed by atoms with E-state index in [9.17, 15) is 13.2 Å². The number of benzene rings is 2. The Labute approximate surface area is 161 Å². The number of rotatable bonds is 7. The average Bonchev–Trinajstić information content (AvgIpc) is 2.61. The van der Waals surface area contributed by atoms with Gasteiger partial charge in [0.2, 0.25) is 15.9 Å². The Balaban J connectivity index is 2.43. The van der Waals surface area contributed by atoms with Crippen molar-refractivity contribution in [3.8, 4) is 5.75 Å². The fraction of sp³-hybridized carbons (Fsp3) is 0.350. The van der Waals surface area contributed by atoms with Crippen molar-refractivity contribution in [1.29, 1.82) is 0 Å². The molecule has 0 heterocycles. The molecule has 0 aliphatic carbocycles. The maximum absolute atomic E-state index is 12.9. The lowest BCUT2D eigenvalue weighted by molar-refractivity contribution is -0.116. The van der Waals surface area contributed by atoms with Gasteiger partial charge in [-0.1, -0.05) is 31.2 Å². The second kappa shape index (κ2) is 8.43. The molecule has 2 rings (SSSR count). The summed E-state index contributed by atoms with van der Waals surface area (Å²) >= 11 is 0. The molecular formula is C20H26N2O4S. The molecule has 2 aromatic rings. The van der Waals surface area contributed by atoms with Crippen LogP contribution in [0.1, 0.15) is 25.0 Å². The molecule has 0 spiro atoms. The Bertz CT molecular complexity index is 925. The number of amides is 1. The number of methoxy groups -OCH3 is 1. The van der Waals surface area contributed by atoms with Crippen LogP contribution in [-0.4, -0.2) is 33.7 Å². The van der Waals surface area contributed by atoms with E-state index in [-0.39, 0.29) is 0 Å². The standard InChI is InChI=1S/C20H26N2O4S/c1-6-16-9-7-8-10-17(16)21-20(23)15(3)22(27(5,24)25)18-13-14(2)11-12-19(18)26-4/h7-13,15H,6H2,1-5H3,(H,21,23). The zero-order valence-corrected chi connectivity index (χ0v) is 17.1. The van der Waals surface area contributed by atoms with Gasteiger partial charge >= 0.3 is 0 Å². The van der Waals surface area contributed by atoms with Gasteiger partial charge in [0.25, 0.3) is 0 Å². The maximum atomic E-state index is 12.9. The maximum Gasteiger partial charge on any atom is 0.248 e. The van der Waals surface area contributed by atoms with E-state index < -0.39 is 22.0 Å². The van der Waals surface area contributed by atoms with Gasteiger partial charge in [0, 0.05) is 5.69 Å². The van der Waals surface area contributed by atoms with Crippen molar-refractivity contribution < 1.29 is 17.9 Å². The molecule has 1 N–H and O–H groups in total. The molecule has 146 valence electrons. The molecule has 0 saturated carbocycles. The van der Waals surface area contributed by atoms with Gasteiger partial charge in [-0.05, 0) is 49.6 Å². The van der Waals surface area contributed by atoms with Gasteiger partial charge in [-0.2, -0.15) is 0 Å². The van der Waals surface area contributed by atoms with E-state index in [0.717, 1.165) is 28.1 Å². The molecule has 0 aromatic heterocycles. The van der Waals surface area contributed by atoms with Gasteiger partial charge in [0.05, 0.1) is 19.1 Å². The third-order valence-electron chi connectivity index (χ3n) is 4.32. The zero-order chi connectivity index (χ0) is 20.2. The summed E-state index contributed by atoms with van der Waals surface area (Å²) in [6.07, 6.45) is 1.84. The number of carbonyl (C=O) groups is 1. The second-order valence-corrected chi connectivity index (χ2v) is 8.27. The molecule has 1 atom stereocenters. The first-order valence-corrected chi connectivity index (χ1v) is 10.6. The van der Waals surface area contributed by atoms with Crippen LogP contribution in [0.15, 0.2) is 42.5 Å². The topological polar surface area (TPSA) is 75.7 Å². The molecule has 1 amide bonds. The molecule has 0 bridgehead atoms. The summed E-state index contributed by atoms with van der Waals surface area (Å²) in [4.78, 5) is 12.9. The van der Waals surface area contributed by atoms with Crippen LogP contribution >= 0.6 is 0 Å². The number of para-hydroxylation sites is 1. The molecule has 7 heteroatoms. The van der Waals surface area contributed by atoms with Gasteiger partial charge in [0.1, 0.15) is 11.8 Å². The van der Waals surface area contributed by atoms with Crippen molar-refractivity contribution in [3.05, 3.63) is 53.6 Å². The highest BCUT2D eigenvalue weighted by molar-refractivity contribution is 7.92. The zero-order valence-electron chi connectivity index (χ0n) is 16.3. The largest absolute Gasteiger partial charge is 0.495 e. The lowest BCUT2D eigenvalue weighted by Gasteiger charge is -2.29. The summed E-state index contributed by atoms with van der Waals surface area (Å²) in [6, 6.07) is 11.7. The number of anilines is 2. The SMILES string of the molecule is CCc1ccccc1NC(=O)C(C)N(c1cc(C)ccc1OC)S(C)(=O)=O. The van der Waals surface area contributed by atoms with Crippen LogP contribution in [-0.2, 0) is 21.2 Å². The highest BCUT2D eigenvalue weighted by atomic mass is 32.2. The molecule has 2 aromatic carbocycles. The van der Waals surface area contributed by atoms with Crippen LogP contribution in [0.3, 0.4) is 0 Å². The molecule has 27 heavy (non-hydrogen) atoms. The van der Waals surface area contributed by atoms with Crippen LogP contribution in [0.25, 0.3) is 0 Å². The minimum atomic E-state index is -3.73. The second-order valence-electron chi connectivity index (χ2n) is 6.41. The predicted octanol–water partition coefficient (Wildman–Crippen LogP) is 3.36. The van der Waals surface area contributed by atoms with Crippen molar-refractivity contribution in [2.75, 3.05) is 23.0 Å². The Morgan fingerprint density at radius 1 is 1.22 bits per heavy atom. The fourth-order valence-corrected chi connectivity index (χ4v) is 4.11. The smallest absolute Gasteiger partial charge is 0.248 e. The Morgan fingerprint density at radius 3 is 2.48 bits per heavy atom. The number of ether oxygens (including phenoxy) is 1. The van der Waals surface area contributed by atoms with Gasteiger partial charge < -0.3 is 10.1 Å². The van der Waals surface area contributed by atoms with Crippen LogP contribution < -0.4 is 14.4 Å². The summed E-state index contributed by atoms with van der Waals surface area (Å²) in [5, 5.41) is 2.85. The van der Waals surface area contributed by atoms with Crippen molar-refractivity contribution in [3.63, 3.8) is 0 Å². The minimum Gasteiger partial charge on any atom is -0.495 e. The van der Waals surface area contributed by atoms with Crippen LogP contribution in [0, 0.1) is 6.92 Å². The van der Waals surface area contributed by atoms with Crippen LogP contribution in [0.2, 0.25) is 0 Å². The first-order valence-electron chi connectivity index (χ1n) is 8.71. The van der Waals surface area contributed by atoms with Crippen molar-refractivity contribution >= 4 is 27.3 Å². The fourth-order valence-electron chi connectivity index (χ4n) is 2.94. The molecule has 0 saturated heterocycles. The Hall–Kier alpha value is -2.54. The molecule has 0 aliphatic rings. The van der Waals surface area contributed by atoms with Gasteiger partial charge in [-0.15, -0.1) is 0 Å². The highest BCUT2D eigenvalue weighted by Crippen LogP contribution is 2.33. The monoisotopic (exact) mass is 390 g/mol. The van der Waals surface area contributed by atoms with Crippen molar-refractivity contribution in [2.24, 2.45) is 0 Å². The summed E-state index contributed by atoms with van der Waals surface area (Å²) < 4.78 is 31.5. The van der Waals surface area contributed by atoms with Gasteiger partial charge in [-0.3, -0.25) is 9.10 Å². The number of nitrogens with zero attached hydrogens (tertiary/aromatic N) is 1. The highest BCUT2D eigenvalue weighted by Gasteiger charge is 2.31. The first-order chi connectivity index (χ1) is 12.7. The lowest BCUT2D eigenvalue weighted by atomic mass is 10.1. The van der Waals surface area contributed by atoms with E-state index in [1.54, 1.807) is 19.1 Å². The summed E-state index contributed by atoms with van der Waals surface area (Å²) in [5.41, 5.74) is 2.87. The normalized spacial score (nSPS) is 12.3. The summed E-state index contributed by atoms with van der Waals surface area (Å²) in [7, 11) is -2.26. The number of carbonyl (C=O) groups excluding carboxylic acids is 1. The van der Waals surface area contributed by atoms with Gasteiger partial charge in [-0.25, -0.2) is 8.42 Å². The number of aryl methyl sites for hydroxylation is 2. The number of hydrogen-bond donors (Lipinski definition) is 1.